The van der Waals surface area contributed by atoms with Crippen LogP contribution in [0.1, 0.15) is 44.9 Å². The van der Waals surface area contributed by atoms with Crippen LogP contribution in [0.4, 0.5) is 4.39 Å². The number of unbranched alkanes of at least 4 members (excludes halogenated alkanes) is 6. The van der Waals surface area contributed by atoms with Crippen LogP contribution >= 0.6 is 0 Å². The number of rotatable bonds is 9. The second-order valence-corrected chi connectivity index (χ2v) is 4.22. The lowest BCUT2D eigenvalue weighted by Crippen LogP contribution is -2.20. The van der Waals surface area contributed by atoms with Gasteiger partial charge in [-0.15, -0.1) is 0 Å². The highest BCUT2D eigenvalue weighted by Gasteiger charge is 2.03. The van der Waals surface area contributed by atoms with Gasteiger partial charge in [0.2, 0.25) is 0 Å². The molecule has 0 aromatic rings. The van der Waals surface area contributed by atoms with E-state index in [0.717, 1.165) is 32.5 Å². The summed E-state index contributed by atoms with van der Waals surface area (Å²) in [6, 6.07) is 0. The fourth-order valence-corrected chi connectivity index (χ4v) is 1.88. The highest BCUT2D eigenvalue weighted by atomic mass is 19.1. The van der Waals surface area contributed by atoms with Crippen molar-refractivity contribution in [2.45, 2.75) is 44.9 Å². The summed E-state index contributed by atoms with van der Waals surface area (Å²) in [5.41, 5.74) is 0. The number of alkyl halides is 1. The maximum atomic E-state index is 11.8. The number of nitrogens with zero attached hydrogens (tertiary/aromatic N) is 2. The van der Waals surface area contributed by atoms with E-state index in [1.165, 1.54) is 32.1 Å². The van der Waals surface area contributed by atoms with Gasteiger partial charge in [-0.3, -0.25) is 9.38 Å². The van der Waals surface area contributed by atoms with E-state index in [0.29, 0.717) is 0 Å². The second-order valence-electron chi connectivity index (χ2n) is 4.22. The molecule has 1 heterocycles. The van der Waals surface area contributed by atoms with Gasteiger partial charge in [0.1, 0.15) is 0 Å². The molecule has 0 N–H and O–H groups in total. The topological polar surface area (TPSA) is 15.6 Å². The van der Waals surface area contributed by atoms with Gasteiger partial charge < -0.3 is 4.90 Å². The lowest BCUT2D eigenvalue weighted by atomic mass is 10.1. The van der Waals surface area contributed by atoms with Gasteiger partial charge in [0.15, 0.2) is 0 Å². The van der Waals surface area contributed by atoms with Gasteiger partial charge in [-0.05, 0) is 12.8 Å². The zero-order valence-electron chi connectivity index (χ0n) is 9.63. The van der Waals surface area contributed by atoms with Gasteiger partial charge in [0.05, 0.1) is 19.6 Å². The summed E-state index contributed by atoms with van der Waals surface area (Å²) in [6.45, 7) is 3.10. The third kappa shape index (κ3) is 6.47. The number of aliphatic imine (C=N–C) groups is 1. The quantitative estimate of drug-likeness (QED) is 0.539. The smallest absolute Gasteiger partial charge is 0.0894 e. The first-order valence-corrected chi connectivity index (χ1v) is 6.23. The molecule has 0 saturated heterocycles. The van der Waals surface area contributed by atoms with Crippen LogP contribution < -0.4 is 0 Å². The molecule has 1 aliphatic rings. The molecule has 0 spiro atoms. The lowest BCUT2D eigenvalue weighted by molar-refractivity contribution is 0.431. The summed E-state index contributed by atoms with van der Waals surface area (Å²) < 4.78 is 11.8. The summed E-state index contributed by atoms with van der Waals surface area (Å²) in [7, 11) is 0. The number of hydrogen-bond donors (Lipinski definition) is 0. The Labute approximate surface area is 92.6 Å². The Hall–Kier alpha value is -0.600. The Balaban J connectivity index is 1.75. The van der Waals surface area contributed by atoms with E-state index in [1.807, 2.05) is 6.34 Å². The van der Waals surface area contributed by atoms with Gasteiger partial charge in [-0.2, -0.15) is 0 Å². The van der Waals surface area contributed by atoms with Crippen molar-refractivity contribution in [2.75, 3.05) is 26.3 Å². The van der Waals surface area contributed by atoms with Gasteiger partial charge in [-0.25, -0.2) is 0 Å². The fourth-order valence-electron chi connectivity index (χ4n) is 1.88. The number of hydrogen-bond acceptors (Lipinski definition) is 2. The van der Waals surface area contributed by atoms with Gasteiger partial charge in [0.25, 0.3) is 0 Å². The highest BCUT2D eigenvalue weighted by molar-refractivity contribution is 5.56. The molecule has 15 heavy (non-hydrogen) atoms. The Morgan fingerprint density at radius 3 is 2.27 bits per heavy atom. The molecule has 1 aliphatic heterocycles. The number of halogens is 1. The molecule has 0 fully saturated rings. The van der Waals surface area contributed by atoms with Crippen molar-refractivity contribution in [1.29, 1.82) is 0 Å². The minimum atomic E-state index is -0.145. The van der Waals surface area contributed by atoms with E-state index in [1.54, 1.807) is 0 Å². The third-order valence-electron chi connectivity index (χ3n) is 2.84. The molecule has 0 aromatic carbocycles. The molecule has 1 rings (SSSR count). The van der Waals surface area contributed by atoms with Crippen LogP contribution in [0.3, 0.4) is 0 Å². The maximum absolute atomic E-state index is 11.8. The molecule has 0 bridgehead atoms. The molecule has 0 aliphatic carbocycles. The average Bonchev–Trinajstić information content (AvgIpc) is 2.75. The maximum Gasteiger partial charge on any atom is 0.0894 e. The van der Waals surface area contributed by atoms with Crippen LogP contribution in [0.5, 0.6) is 0 Å². The van der Waals surface area contributed by atoms with E-state index in [9.17, 15) is 4.39 Å². The largest absolute Gasteiger partial charge is 0.361 e. The Morgan fingerprint density at radius 2 is 1.67 bits per heavy atom. The normalized spacial score (nSPS) is 15.1. The first-order chi connectivity index (χ1) is 7.43. The summed E-state index contributed by atoms with van der Waals surface area (Å²) in [5, 5.41) is 0. The lowest BCUT2D eigenvalue weighted by Gasteiger charge is -2.12. The second kappa shape index (κ2) is 8.69. The summed E-state index contributed by atoms with van der Waals surface area (Å²) >= 11 is 0. The van der Waals surface area contributed by atoms with Crippen molar-refractivity contribution in [2.24, 2.45) is 4.99 Å². The molecule has 0 radical (unpaired) electrons. The monoisotopic (exact) mass is 214 g/mol. The van der Waals surface area contributed by atoms with E-state index in [4.69, 9.17) is 0 Å². The van der Waals surface area contributed by atoms with Crippen LogP contribution in [-0.4, -0.2) is 37.5 Å². The minimum Gasteiger partial charge on any atom is -0.361 e. The molecule has 88 valence electrons. The van der Waals surface area contributed by atoms with Crippen LogP contribution in [0.2, 0.25) is 0 Å². The van der Waals surface area contributed by atoms with Crippen molar-refractivity contribution < 1.29 is 4.39 Å². The summed E-state index contributed by atoms with van der Waals surface area (Å²) in [6.07, 6.45) is 10.1. The van der Waals surface area contributed by atoms with E-state index < -0.39 is 0 Å². The molecule has 0 saturated carbocycles. The van der Waals surface area contributed by atoms with Crippen molar-refractivity contribution >= 4 is 6.34 Å². The molecule has 3 heteroatoms. The van der Waals surface area contributed by atoms with Crippen molar-refractivity contribution in [3.63, 3.8) is 0 Å². The Kier molecular flexibility index (Phi) is 7.22. The molecular weight excluding hydrogens is 191 g/mol. The predicted molar refractivity (Wildman–Crippen MR) is 63.2 cm³/mol. The van der Waals surface area contributed by atoms with Crippen LogP contribution in [0.15, 0.2) is 4.99 Å². The Morgan fingerprint density at radius 1 is 1.00 bits per heavy atom. The zero-order chi connectivity index (χ0) is 10.8. The first kappa shape index (κ1) is 12.5. The average molecular weight is 214 g/mol. The fraction of sp³-hybridized carbons (Fsp3) is 0.917. The van der Waals surface area contributed by atoms with Crippen LogP contribution in [0.25, 0.3) is 0 Å². The standard InChI is InChI=1S/C12H23FN2/c13-8-6-4-2-1-3-5-7-10-15-11-9-14-12-15/h12H,1-11H2. The van der Waals surface area contributed by atoms with Crippen molar-refractivity contribution in [1.82, 2.24) is 4.90 Å². The summed E-state index contributed by atoms with van der Waals surface area (Å²) in [5.74, 6) is 0. The van der Waals surface area contributed by atoms with E-state index in [-0.39, 0.29) is 6.67 Å². The third-order valence-corrected chi connectivity index (χ3v) is 2.84. The van der Waals surface area contributed by atoms with E-state index in [2.05, 4.69) is 9.89 Å². The first-order valence-electron chi connectivity index (χ1n) is 6.23. The molecule has 2 nitrogen and oxygen atoms in total. The van der Waals surface area contributed by atoms with Gasteiger partial charge in [-0.1, -0.05) is 32.1 Å². The minimum absolute atomic E-state index is 0.145. The van der Waals surface area contributed by atoms with E-state index >= 15 is 0 Å². The summed E-state index contributed by atoms with van der Waals surface area (Å²) in [4.78, 5) is 6.47. The van der Waals surface area contributed by atoms with Crippen molar-refractivity contribution in [3.05, 3.63) is 0 Å². The van der Waals surface area contributed by atoms with Gasteiger partial charge >= 0.3 is 0 Å². The molecular formula is C12H23FN2. The van der Waals surface area contributed by atoms with Crippen LogP contribution in [0, 0.1) is 0 Å². The SMILES string of the molecule is FCCCCCCCCCN1C=NCC1. The zero-order valence-corrected chi connectivity index (χ0v) is 9.63. The molecule has 0 aromatic heterocycles. The molecule has 0 unspecified atom stereocenters. The Bertz CT molecular complexity index is 171. The van der Waals surface area contributed by atoms with Gasteiger partial charge in [0, 0.05) is 13.1 Å². The predicted octanol–water partition coefficient (Wildman–Crippen LogP) is 3.03. The van der Waals surface area contributed by atoms with Crippen LogP contribution in [-0.2, 0) is 0 Å². The molecule has 0 amide bonds. The van der Waals surface area contributed by atoms with Crippen molar-refractivity contribution in [3.8, 4) is 0 Å². The highest BCUT2D eigenvalue weighted by Crippen LogP contribution is 2.08. The molecule has 0 atom stereocenters.